The maximum absolute atomic E-state index is 4.46. The van der Waals surface area contributed by atoms with E-state index in [0.717, 1.165) is 24.7 Å². The van der Waals surface area contributed by atoms with Crippen molar-refractivity contribution < 1.29 is 0 Å². The number of rotatable bonds is 7. The van der Waals surface area contributed by atoms with Gasteiger partial charge in [-0.1, -0.05) is 26.7 Å². The molecule has 0 aliphatic heterocycles. The molecule has 0 bridgehead atoms. The Morgan fingerprint density at radius 3 is 2.80 bits per heavy atom. The Hall–Kier alpha value is -1.09. The van der Waals surface area contributed by atoms with Gasteiger partial charge in [-0.15, -0.1) is 0 Å². The summed E-state index contributed by atoms with van der Waals surface area (Å²) in [7, 11) is 2.21. The Bertz CT molecular complexity index is 397. The van der Waals surface area contributed by atoms with E-state index in [2.05, 4.69) is 48.2 Å². The van der Waals surface area contributed by atoms with Crippen LogP contribution in [0.25, 0.3) is 0 Å². The quantitative estimate of drug-likeness (QED) is 0.826. The first-order chi connectivity index (χ1) is 9.65. The molecule has 1 aromatic rings. The third kappa shape index (κ3) is 4.78. The van der Waals surface area contributed by atoms with Crippen LogP contribution in [0.5, 0.6) is 0 Å². The summed E-state index contributed by atoms with van der Waals surface area (Å²) < 4.78 is 0. The monoisotopic (exact) mass is 275 g/mol. The maximum atomic E-state index is 4.46. The molecule has 1 N–H and O–H groups in total. The molecule has 0 saturated heterocycles. The lowest BCUT2D eigenvalue weighted by Gasteiger charge is -2.23. The fourth-order valence-electron chi connectivity index (χ4n) is 2.97. The molecule has 0 amide bonds. The summed E-state index contributed by atoms with van der Waals surface area (Å²) in [4.78, 5) is 6.85. The first kappa shape index (κ1) is 15.3. The van der Waals surface area contributed by atoms with Crippen LogP contribution in [0.4, 0.5) is 5.69 Å². The van der Waals surface area contributed by atoms with E-state index in [9.17, 15) is 0 Å². The Labute approximate surface area is 123 Å². The highest BCUT2D eigenvalue weighted by Gasteiger charge is 2.17. The van der Waals surface area contributed by atoms with Crippen molar-refractivity contribution in [3.8, 4) is 0 Å². The zero-order chi connectivity index (χ0) is 14.4. The van der Waals surface area contributed by atoms with Gasteiger partial charge in [-0.2, -0.15) is 0 Å². The standard InChI is InChI=1S/C17H29N3/c1-14(2)11-18-12-16-10-17(8-9-19-16)20(3)13-15-6-4-5-7-15/h8-10,14-15,18H,4-7,11-13H2,1-3H3. The summed E-state index contributed by atoms with van der Waals surface area (Å²) in [5.41, 5.74) is 2.44. The van der Waals surface area contributed by atoms with Crippen molar-refractivity contribution in [2.75, 3.05) is 25.0 Å². The van der Waals surface area contributed by atoms with Gasteiger partial charge in [0.1, 0.15) is 0 Å². The second-order valence-electron chi connectivity index (χ2n) is 6.56. The number of hydrogen-bond acceptors (Lipinski definition) is 3. The number of nitrogens with zero attached hydrogens (tertiary/aromatic N) is 2. The molecule has 0 radical (unpaired) electrons. The Morgan fingerprint density at radius 2 is 2.10 bits per heavy atom. The van der Waals surface area contributed by atoms with Gasteiger partial charge in [0.2, 0.25) is 0 Å². The predicted molar refractivity (Wildman–Crippen MR) is 86.0 cm³/mol. The Balaban J connectivity index is 1.87. The molecular weight excluding hydrogens is 246 g/mol. The van der Waals surface area contributed by atoms with Gasteiger partial charge >= 0.3 is 0 Å². The zero-order valence-electron chi connectivity index (χ0n) is 13.2. The average Bonchev–Trinajstić information content (AvgIpc) is 2.91. The smallest absolute Gasteiger partial charge is 0.0562 e. The van der Waals surface area contributed by atoms with Crippen LogP contribution in [-0.2, 0) is 6.54 Å². The average molecular weight is 275 g/mol. The van der Waals surface area contributed by atoms with E-state index in [-0.39, 0.29) is 0 Å². The van der Waals surface area contributed by atoms with Crippen LogP contribution in [0, 0.1) is 11.8 Å². The van der Waals surface area contributed by atoms with Crippen LogP contribution in [0.15, 0.2) is 18.3 Å². The first-order valence-corrected chi connectivity index (χ1v) is 8.02. The number of nitrogens with one attached hydrogen (secondary N) is 1. The highest BCUT2D eigenvalue weighted by atomic mass is 15.1. The number of pyridine rings is 1. The molecule has 1 saturated carbocycles. The van der Waals surface area contributed by atoms with Crippen molar-refractivity contribution in [2.45, 2.75) is 46.1 Å². The lowest BCUT2D eigenvalue weighted by Crippen LogP contribution is -2.24. The summed E-state index contributed by atoms with van der Waals surface area (Å²) in [6, 6.07) is 4.35. The SMILES string of the molecule is CC(C)CNCc1cc(N(C)CC2CCCC2)ccn1. The predicted octanol–water partition coefficient (Wildman–Crippen LogP) is 3.45. The number of hydrogen-bond donors (Lipinski definition) is 1. The van der Waals surface area contributed by atoms with E-state index in [0.29, 0.717) is 5.92 Å². The zero-order valence-corrected chi connectivity index (χ0v) is 13.2. The van der Waals surface area contributed by atoms with Crippen LogP contribution in [0.2, 0.25) is 0 Å². The van der Waals surface area contributed by atoms with Crippen LogP contribution < -0.4 is 10.2 Å². The van der Waals surface area contributed by atoms with Crippen LogP contribution in [-0.4, -0.2) is 25.1 Å². The molecule has 1 fully saturated rings. The minimum Gasteiger partial charge on any atom is -0.374 e. The molecule has 3 nitrogen and oxygen atoms in total. The molecule has 1 aliphatic rings. The van der Waals surface area contributed by atoms with Gasteiger partial charge in [-0.3, -0.25) is 4.98 Å². The van der Waals surface area contributed by atoms with Crippen molar-refractivity contribution in [1.29, 1.82) is 0 Å². The maximum Gasteiger partial charge on any atom is 0.0562 e. The minimum absolute atomic E-state index is 0.684. The molecule has 1 aromatic heterocycles. The molecule has 1 heterocycles. The molecule has 20 heavy (non-hydrogen) atoms. The van der Waals surface area contributed by atoms with Gasteiger partial charge in [0.25, 0.3) is 0 Å². The molecule has 0 atom stereocenters. The van der Waals surface area contributed by atoms with E-state index in [1.54, 1.807) is 0 Å². The minimum atomic E-state index is 0.684. The second-order valence-corrected chi connectivity index (χ2v) is 6.56. The van der Waals surface area contributed by atoms with Crippen LogP contribution in [0.3, 0.4) is 0 Å². The third-order valence-electron chi connectivity index (χ3n) is 4.11. The van der Waals surface area contributed by atoms with Crippen molar-refractivity contribution in [3.63, 3.8) is 0 Å². The summed E-state index contributed by atoms with van der Waals surface area (Å²) in [5, 5.41) is 3.46. The van der Waals surface area contributed by atoms with E-state index in [1.165, 1.54) is 37.9 Å². The Morgan fingerprint density at radius 1 is 1.35 bits per heavy atom. The van der Waals surface area contributed by atoms with Crippen molar-refractivity contribution in [3.05, 3.63) is 24.0 Å². The molecule has 1 aliphatic carbocycles. The van der Waals surface area contributed by atoms with E-state index in [4.69, 9.17) is 0 Å². The normalized spacial score (nSPS) is 16.0. The van der Waals surface area contributed by atoms with Crippen molar-refractivity contribution in [2.24, 2.45) is 11.8 Å². The van der Waals surface area contributed by atoms with E-state index >= 15 is 0 Å². The van der Waals surface area contributed by atoms with E-state index in [1.807, 2.05) is 6.20 Å². The van der Waals surface area contributed by atoms with Gasteiger partial charge in [-0.25, -0.2) is 0 Å². The topological polar surface area (TPSA) is 28.2 Å². The highest BCUT2D eigenvalue weighted by Crippen LogP contribution is 2.26. The summed E-state index contributed by atoms with van der Waals surface area (Å²) in [5.74, 6) is 1.57. The van der Waals surface area contributed by atoms with E-state index < -0.39 is 0 Å². The fourth-order valence-corrected chi connectivity index (χ4v) is 2.97. The summed E-state index contributed by atoms with van der Waals surface area (Å²) >= 11 is 0. The number of anilines is 1. The molecular formula is C17H29N3. The lowest BCUT2D eigenvalue weighted by atomic mass is 10.1. The molecule has 2 rings (SSSR count). The van der Waals surface area contributed by atoms with Gasteiger partial charge < -0.3 is 10.2 Å². The molecule has 0 aromatic carbocycles. The third-order valence-corrected chi connectivity index (χ3v) is 4.11. The number of aromatic nitrogens is 1. The Kier molecular flexibility index (Phi) is 5.84. The van der Waals surface area contributed by atoms with Gasteiger partial charge in [0.15, 0.2) is 0 Å². The fraction of sp³-hybridized carbons (Fsp3) is 0.706. The molecule has 0 spiro atoms. The van der Waals surface area contributed by atoms with Crippen LogP contribution in [0.1, 0.15) is 45.2 Å². The summed E-state index contributed by atoms with van der Waals surface area (Å²) in [6.07, 6.45) is 7.57. The van der Waals surface area contributed by atoms with Gasteiger partial charge in [-0.05, 0) is 43.4 Å². The van der Waals surface area contributed by atoms with Crippen LogP contribution >= 0.6 is 0 Å². The second kappa shape index (κ2) is 7.63. The largest absolute Gasteiger partial charge is 0.374 e. The van der Waals surface area contributed by atoms with Gasteiger partial charge in [0.05, 0.1) is 5.69 Å². The van der Waals surface area contributed by atoms with Crippen molar-refractivity contribution in [1.82, 2.24) is 10.3 Å². The molecule has 3 heteroatoms. The lowest BCUT2D eigenvalue weighted by molar-refractivity contribution is 0.544. The molecule has 0 unspecified atom stereocenters. The van der Waals surface area contributed by atoms with Gasteiger partial charge in [0, 0.05) is 32.0 Å². The van der Waals surface area contributed by atoms with Crippen molar-refractivity contribution >= 4 is 5.69 Å². The highest BCUT2D eigenvalue weighted by molar-refractivity contribution is 5.45. The molecule has 112 valence electrons. The summed E-state index contributed by atoms with van der Waals surface area (Å²) in [6.45, 7) is 7.55. The first-order valence-electron chi connectivity index (χ1n) is 8.02.